The van der Waals surface area contributed by atoms with Gasteiger partial charge in [0.1, 0.15) is 5.82 Å². The van der Waals surface area contributed by atoms with Crippen molar-refractivity contribution in [3.05, 3.63) is 28.0 Å². The lowest BCUT2D eigenvalue weighted by Gasteiger charge is -2.14. The van der Waals surface area contributed by atoms with Crippen molar-refractivity contribution in [2.45, 2.75) is 19.3 Å². The summed E-state index contributed by atoms with van der Waals surface area (Å²) in [4.78, 5) is 14.4. The molecule has 0 saturated carbocycles. The van der Waals surface area contributed by atoms with Crippen LogP contribution in [0.1, 0.15) is 29.6 Å². The molecule has 0 spiro atoms. The molecule has 110 valence electrons. The summed E-state index contributed by atoms with van der Waals surface area (Å²) in [5.41, 5.74) is 5.83. The van der Waals surface area contributed by atoms with E-state index in [9.17, 15) is 9.18 Å². The van der Waals surface area contributed by atoms with Crippen LogP contribution in [0.3, 0.4) is 0 Å². The smallest absolute Gasteiger partial charge is 0.252 e. The minimum Gasteiger partial charge on any atom is -0.396 e. The average molecular weight is 344 g/mol. The zero-order valence-electron chi connectivity index (χ0n) is 11.3. The fraction of sp³-hybridized carbons (Fsp3) is 0.500. The molecular formula is C14H19BrFN3O. The Morgan fingerprint density at radius 3 is 2.80 bits per heavy atom. The van der Waals surface area contributed by atoms with Crippen molar-refractivity contribution in [3.63, 3.8) is 0 Å². The second-order valence-electron chi connectivity index (χ2n) is 5.01. The van der Waals surface area contributed by atoms with Crippen molar-refractivity contribution in [2.75, 3.05) is 31.9 Å². The van der Waals surface area contributed by atoms with Crippen LogP contribution in [0, 0.1) is 5.82 Å². The Morgan fingerprint density at radius 1 is 1.40 bits per heavy atom. The van der Waals surface area contributed by atoms with Gasteiger partial charge in [0.25, 0.3) is 5.91 Å². The molecular weight excluding hydrogens is 325 g/mol. The SMILES string of the molecule is Nc1cc(C(=O)NCCCN2CCCC2)c(Br)cc1F. The summed E-state index contributed by atoms with van der Waals surface area (Å²) in [5, 5.41) is 2.84. The molecule has 0 aromatic heterocycles. The van der Waals surface area contributed by atoms with E-state index in [1.807, 2.05) is 0 Å². The molecule has 2 rings (SSSR count). The molecule has 1 saturated heterocycles. The number of anilines is 1. The van der Waals surface area contributed by atoms with Crippen LogP contribution in [-0.2, 0) is 0 Å². The molecule has 20 heavy (non-hydrogen) atoms. The molecule has 1 aromatic rings. The number of carbonyl (C=O) groups is 1. The van der Waals surface area contributed by atoms with Gasteiger partial charge in [0.05, 0.1) is 11.3 Å². The third kappa shape index (κ3) is 3.93. The normalized spacial score (nSPS) is 15.5. The summed E-state index contributed by atoms with van der Waals surface area (Å²) < 4.78 is 13.6. The van der Waals surface area contributed by atoms with Gasteiger partial charge < -0.3 is 16.0 Å². The number of nitrogens with two attached hydrogens (primary N) is 1. The maximum absolute atomic E-state index is 13.2. The van der Waals surface area contributed by atoms with Gasteiger partial charge in [0.15, 0.2) is 0 Å². The van der Waals surface area contributed by atoms with Gasteiger partial charge in [-0.25, -0.2) is 4.39 Å². The third-order valence-corrected chi connectivity index (χ3v) is 4.12. The molecule has 0 radical (unpaired) electrons. The number of benzene rings is 1. The quantitative estimate of drug-likeness (QED) is 0.637. The lowest BCUT2D eigenvalue weighted by Crippen LogP contribution is -2.29. The number of nitrogens with zero attached hydrogens (tertiary/aromatic N) is 1. The van der Waals surface area contributed by atoms with E-state index in [0.29, 0.717) is 16.6 Å². The molecule has 0 atom stereocenters. The Kier molecular flexibility index (Phi) is 5.37. The van der Waals surface area contributed by atoms with E-state index < -0.39 is 5.82 Å². The first-order valence-electron chi connectivity index (χ1n) is 6.83. The standard InChI is InChI=1S/C14H19BrFN3O/c15-11-9-12(16)13(17)8-10(11)14(20)18-4-3-7-19-5-1-2-6-19/h8-9H,1-7,17H2,(H,18,20). The van der Waals surface area contributed by atoms with E-state index in [0.717, 1.165) is 26.1 Å². The van der Waals surface area contributed by atoms with Gasteiger partial charge in [-0.1, -0.05) is 0 Å². The molecule has 6 heteroatoms. The molecule has 4 nitrogen and oxygen atoms in total. The highest BCUT2D eigenvalue weighted by Gasteiger charge is 2.14. The van der Waals surface area contributed by atoms with Crippen molar-refractivity contribution in [1.29, 1.82) is 0 Å². The molecule has 1 fully saturated rings. The van der Waals surface area contributed by atoms with Crippen molar-refractivity contribution < 1.29 is 9.18 Å². The highest BCUT2D eigenvalue weighted by molar-refractivity contribution is 9.10. The highest BCUT2D eigenvalue weighted by atomic mass is 79.9. The maximum atomic E-state index is 13.2. The summed E-state index contributed by atoms with van der Waals surface area (Å²) >= 11 is 3.18. The van der Waals surface area contributed by atoms with Crippen LogP contribution in [-0.4, -0.2) is 37.0 Å². The van der Waals surface area contributed by atoms with Gasteiger partial charge in [0.2, 0.25) is 0 Å². The number of likely N-dealkylation sites (tertiary alicyclic amines) is 1. The fourth-order valence-corrected chi connectivity index (χ4v) is 2.84. The van der Waals surface area contributed by atoms with Crippen molar-refractivity contribution in [1.82, 2.24) is 10.2 Å². The second kappa shape index (κ2) is 7.04. The number of nitrogens with one attached hydrogen (secondary N) is 1. The third-order valence-electron chi connectivity index (χ3n) is 3.47. The number of rotatable bonds is 5. The van der Waals surface area contributed by atoms with Gasteiger partial charge >= 0.3 is 0 Å². The van der Waals surface area contributed by atoms with Gasteiger partial charge in [-0.05, 0) is 67.0 Å². The van der Waals surface area contributed by atoms with E-state index in [4.69, 9.17) is 5.73 Å². The largest absolute Gasteiger partial charge is 0.396 e. The summed E-state index contributed by atoms with van der Waals surface area (Å²) in [6.07, 6.45) is 3.46. The number of amides is 1. The first-order chi connectivity index (χ1) is 9.58. The Balaban J connectivity index is 1.81. The topological polar surface area (TPSA) is 58.4 Å². The Labute approximate surface area is 126 Å². The molecule has 0 unspecified atom stereocenters. The van der Waals surface area contributed by atoms with Gasteiger partial charge in [0, 0.05) is 11.0 Å². The predicted octanol–water partition coefficient (Wildman–Crippen LogP) is 2.39. The maximum Gasteiger partial charge on any atom is 0.252 e. The van der Waals surface area contributed by atoms with Crippen LogP contribution in [0.4, 0.5) is 10.1 Å². The minimum absolute atomic E-state index is 0.0181. The van der Waals surface area contributed by atoms with Gasteiger partial charge in [-0.2, -0.15) is 0 Å². The zero-order chi connectivity index (χ0) is 14.5. The van der Waals surface area contributed by atoms with Crippen molar-refractivity contribution >= 4 is 27.5 Å². The monoisotopic (exact) mass is 343 g/mol. The second-order valence-corrected chi connectivity index (χ2v) is 5.87. The summed E-state index contributed by atoms with van der Waals surface area (Å²) in [7, 11) is 0. The Morgan fingerprint density at radius 2 is 2.10 bits per heavy atom. The first kappa shape index (κ1) is 15.3. The van der Waals surface area contributed by atoms with E-state index in [2.05, 4.69) is 26.1 Å². The lowest BCUT2D eigenvalue weighted by atomic mass is 10.2. The Hall–Kier alpha value is -1.14. The minimum atomic E-state index is -0.526. The first-order valence-corrected chi connectivity index (χ1v) is 7.62. The van der Waals surface area contributed by atoms with E-state index >= 15 is 0 Å². The number of hydrogen-bond donors (Lipinski definition) is 2. The number of halogens is 2. The lowest BCUT2D eigenvalue weighted by molar-refractivity contribution is 0.0951. The van der Waals surface area contributed by atoms with Gasteiger partial charge in [-0.15, -0.1) is 0 Å². The molecule has 1 aliphatic heterocycles. The summed E-state index contributed by atoms with van der Waals surface area (Å²) in [5.74, 6) is -0.757. The predicted molar refractivity (Wildman–Crippen MR) is 81.1 cm³/mol. The number of nitrogen functional groups attached to an aromatic ring is 1. The molecule has 0 aliphatic carbocycles. The molecule has 3 N–H and O–H groups in total. The molecule has 1 aliphatic rings. The van der Waals surface area contributed by atoms with E-state index in [-0.39, 0.29) is 11.6 Å². The van der Waals surface area contributed by atoms with Crippen LogP contribution < -0.4 is 11.1 Å². The van der Waals surface area contributed by atoms with Gasteiger partial charge in [-0.3, -0.25) is 4.79 Å². The van der Waals surface area contributed by atoms with Crippen LogP contribution in [0.25, 0.3) is 0 Å². The molecule has 1 aromatic carbocycles. The molecule has 0 bridgehead atoms. The Bertz CT molecular complexity index is 490. The molecule has 1 amide bonds. The zero-order valence-corrected chi connectivity index (χ0v) is 12.9. The van der Waals surface area contributed by atoms with Crippen LogP contribution >= 0.6 is 15.9 Å². The van der Waals surface area contributed by atoms with Crippen LogP contribution in [0.15, 0.2) is 16.6 Å². The van der Waals surface area contributed by atoms with Crippen LogP contribution in [0.5, 0.6) is 0 Å². The highest BCUT2D eigenvalue weighted by Crippen LogP contribution is 2.22. The van der Waals surface area contributed by atoms with Crippen molar-refractivity contribution in [3.8, 4) is 0 Å². The average Bonchev–Trinajstić information content (AvgIpc) is 2.92. The molecule has 1 heterocycles. The van der Waals surface area contributed by atoms with E-state index in [1.54, 1.807) is 0 Å². The fourth-order valence-electron chi connectivity index (χ4n) is 2.35. The van der Waals surface area contributed by atoms with E-state index in [1.165, 1.54) is 25.0 Å². The number of carbonyl (C=O) groups excluding carboxylic acids is 1. The summed E-state index contributed by atoms with van der Waals surface area (Å²) in [6.45, 7) is 3.94. The van der Waals surface area contributed by atoms with Crippen LogP contribution in [0.2, 0.25) is 0 Å². The summed E-state index contributed by atoms with van der Waals surface area (Å²) in [6, 6.07) is 2.57. The van der Waals surface area contributed by atoms with Crippen molar-refractivity contribution in [2.24, 2.45) is 0 Å². The number of hydrogen-bond acceptors (Lipinski definition) is 3.